The van der Waals surface area contributed by atoms with E-state index in [1.807, 2.05) is 18.2 Å². The van der Waals surface area contributed by atoms with E-state index >= 15 is 0 Å². The molecule has 114 valence electrons. The number of hydrogen-bond donors (Lipinski definition) is 1. The van der Waals surface area contributed by atoms with E-state index in [4.69, 9.17) is 9.26 Å². The van der Waals surface area contributed by atoms with Gasteiger partial charge in [-0.1, -0.05) is 25.1 Å². The van der Waals surface area contributed by atoms with Crippen molar-refractivity contribution >= 4 is 15.9 Å². The Balaban J connectivity index is 1.92. The molecule has 0 aliphatic rings. The zero-order chi connectivity index (χ0) is 15.1. The average Bonchev–Trinajstić information content (AvgIpc) is 2.92. The van der Waals surface area contributed by atoms with E-state index in [0.29, 0.717) is 5.89 Å². The fraction of sp³-hybridized carbons (Fsp3) is 0.467. The van der Waals surface area contributed by atoms with Gasteiger partial charge >= 0.3 is 0 Å². The Labute approximate surface area is 133 Å². The predicted molar refractivity (Wildman–Crippen MR) is 84.1 cm³/mol. The van der Waals surface area contributed by atoms with Crippen molar-refractivity contribution in [1.82, 2.24) is 15.5 Å². The minimum atomic E-state index is 0.280. The number of nitrogens with zero attached hydrogens (tertiary/aromatic N) is 2. The Kier molecular flexibility index (Phi) is 6.20. The van der Waals surface area contributed by atoms with Crippen LogP contribution in [-0.4, -0.2) is 16.7 Å². The molecule has 0 fully saturated rings. The first-order valence-electron chi connectivity index (χ1n) is 7.16. The van der Waals surface area contributed by atoms with Crippen LogP contribution in [0.3, 0.4) is 0 Å². The summed E-state index contributed by atoms with van der Waals surface area (Å²) < 4.78 is 11.8. The first-order chi connectivity index (χ1) is 10.2. The maximum absolute atomic E-state index is 5.71. The number of rotatable bonds is 8. The Bertz CT molecular complexity index is 572. The quantitative estimate of drug-likeness (QED) is 0.787. The summed E-state index contributed by atoms with van der Waals surface area (Å²) in [6.45, 7) is 6.25. The highest BCUT2D eigenvalue weighted by molar-refractivity contribution is 9.10. The lowest BCUT2D eigenvalue weighted by Crippen LogP contribution is -2.11. The van der Waals surface area contributed by atoms with Crippen molar-refractivity contribution in [1.29, 1.82) is 0 Å². The van der Waals surface area contributed by atoms with Crippen LogP contribution in [0.4, 0.5) is 0 Å². The topological polar surface area (TPSA) is 60.2 Å². The highest BCUT2D eigenvalue weighted by Gasteiger charge is 2.08. The molecule has 1 aromatic heterocycles. The van der Waals surface area contributed by atoms with Crippen LogP contribution in [0.5, 0.6) is 5.75 Å². The summed E-state index contributed by atoms with van der Waals surface area (Å²) in [7, 11) is 0. The maximum atomic E-state index is 5.71. The second-order valence-corrected chi connectivity index (χ2v) is 5.54. The van der Waals surface area contributed by atoms with Crippen LogP contribution in [0, 0.1) is 0 Å². The van der Waals surface area contributed by atoms with Gasteiger partial charge < -0.3 is 14.6 Å². The molecule has 0 saturated heterocycles. The molecule has 0 spiro atoms. The van der Waals surface area contributed by atoms with Gasteiger partial charge in [-0.25, -0.2) is 0 Å². The number of ether oxygens (including phenoxy) is 1. The molecule has 2 aromatic rings. The van der Waals surface area contributed by atoms with E-state index < -0.39 is 0 Å². The van der Waals surface area contributed by atoms with Crippen LogP contribution in [0.25, 0.3) is 0 Å². The van der Waals surface area contributed by atoms with E-state index in [1.165, 1.54) is 5.56 Å². The molecule has 0 unspecified atom stereocenters. The summed E-state index contributed by atoms with van der Waals surface area (Å²) in [5.74, 6) is 2.00. The largest absolute Gasteiger partial charge is 0.483 e. The van der Waals surface area contributed by atoms with Crippen molar-refractivity contribution < 1.29 is 9.26 Å². The van der Waals surface area contributed by atoms with Crippen molar-refractivity contribution in [2.24, 2.45) is 0 Å². The monoisotopic (exact) mass is 353 g/mol. The zero-order valence-electron chi connectivity index (χ0n) is 12.4. The van der Waals surface area contributed by atoms with Crippen molar-refractivity contribution in [3.8, 4) is 5.75 Å². The van der Waals surface area contributed by atoms with Crippen LogP contribution in [0.1, 0.15) is 37.5 Å². The lowest BCUT2D eigenvalue weighted by molar-refractivity contribution is 0.241. The fourth-order valence-electron chi connectivity index (χ4n) is 1.85. The van der Waals surface area contributed by atoms with Gasteiger partial charge in [-0.05, 0) is 46.6 Å². The van der Waals surface area contributed by atoms with Gasteiger partial charge in [0.1, 0.15) is 5.75 Å². The van der Waals surface area contributed by atoms with Crippen molar-refractivity contribution in [2.75, 3.05) is 6.54 Å². The molecule has 0 bridgehead atoms. The zero-order valence-corrected chi connectivity index (χ0v) is 13.9. The molecule has 0 amide bonds. The molecule has 0 atom stereocenters. The molecular weight excluding hydrogens is 334 g/mol. The summed E-state index contributed by atoms with van der Waals surface area (Å²) in [5, 5.41) is 7.19. The highest BCUT2D eigenvalue weighted by Crippen LogP contribution is 2.26. The minimum Gasteiger partial charge on any atom is -0.483 e. The van der Waals surface area contributed by atoms with Crippen molar-refractivity contribution in [3.05, 3.63) is 40.0 Å². The van der Waals surface area contributed by atoms with Crippen LogP contribution in [0.2, 0.25) is 0 Å². The van der Waals surface area contributed by atoms with E-state index in [2.05, 4.69) is 45.2 Å². The average molecular weight is 354 g/mol. The first kappa shape index (κ1) is 16.0. The van der Waals surface area contributed by atoms with Gasteiger partial charge in [0.05, 0.1) is 4.47 Å². The number of aryl methyl sites for hydroxylation is 1. The molecular formula is C15H20BrN3O2. The van der Waals surface area contributed by atoms with Gasteiger partial charge in [0.15, 0.2) is 12.4 Å². The SMILES string of the molecule is CCCc1noc(COc2ccc(CNCC)cc2Br)n1. The van der Waals surface area contributed by atoms with Crippen LogP contribution in [-0.2, 0) is 19.6 Å². The van der Waals surface area contributed by atoms with Crippen molar-refractivity contribution in [3.63, 3.8) is 0 Å². The second-order valence-electron chi connectivity index (χ2n) is 4.69. The molecule has 1 N–H and O–H groups in total. The molecule has 0 saturated carbocycles. The summed E-state index contributed by atoms with van der Waals surface area (Å²) in [6, 6.07) is 6.04. The highest BCUT2D eigenvalue weighted by atomic mass is 79.9. The van der Waals surface area contributed by atoms with E-state index in [0.717, 1.165) is 42.0 Å². The normalized spacial score (nSPS) is 10.8. The van der Waals surface area contributed by atoms with Gasteiger partial charge in [0.2, 0.25) is 0 Å². The molecule has 21 heavy (non-hydrogen) atoms. The molecule has 1 heterocycles. The molecule has 5 nitrogen and oxygen atoms in total. The second kappa shape index (κ2) is 8.14. The van der Waals surface area contributed by atoms with Gasteiger partial charge in [-0.3, -0.25) is 0 Å². The van der Waals surface area contributed by atoms with Gasteiger partial charge in [-0.2, -0.15) is 4.98 Å². The third-order valence-electron chi connectivity index (χ3n) is 2.91. The van der Waals surface area contributed by atoms with E-state index in [1.54, 1.807) is 0 Å². The van der Waals surface area contributed by atoms with Gasteiger partial charge in [-0.15, -0.1) is 0 Å². The minimum absolute atomic E-state index is 0.280. The number of nitrogens with one attached hydrogen (secondary N) is 1. The lowest BCUT2D eigenvalue weighted by atomic mass is 10.2. The van der Waals surface area contributed by atoms with Crippen LogP contribution >= 0.6 is 15.9 Å². The number of aromatic nitrogens is 2. The Morgan fingerprint density at radius 2 is 2.19 bits per heavy atom. The molecule has 0 radical (unpaired) electrons. The number of benzene rings is 1. The van der Waals surface area contributed by atoms with Crippen LogP contribution < -0.4 is 10.1 Å². The Hall–Kier alpha value is -1.40. The van der Waals surface area contributed by atoms with Gasteiger partial charge in [0.25, 0.3) is 5.89 Å². The van der Waals surface area contributed by atoms with Crippen molar-refractivity contribution in [2.45, 2.75) is 39.8 Å². The summed E-state index contributed by atoms with van der Waals surface area (Å²) in [4.78, 5) is 4.27. The summed E-state index contributed by atoms with van der Waals surface area (Å²) in [6.07, 6.45) is 1.82. The van der Waals surface area contributed by atoms with E-state index in [9.17, 15) is 0 Å². The standard InChI is InChI=1S/C15H20BrN3O2/c1-3-5-14-18-15(21-19-14)10-20-13-7-6-11(8-12(13)16)9-17-4-2/h6-8,17H,3-5,9-10H2,1-2H3. The molecule has 6 heteroatoms. The third kappa shape index (κ3) is 4.82. The lowest BCUT2D eigenvalue weighted by Gasteiger charge is -2.08. The third-order valence-corrected chi connectivity index (χ3v) is 3.53. The smallest absolute Gasteiger partial charge is 0.264 e. The molecule has 1 aromatic carbocycles. The number of halogens is 1. The summed E-state index contributed by atoms with van der Waals surface area (Å²) in [5.41, 5.74) is 1.21. The first-order valence-corrected chi connectivity index (χ1v) is 7.95. The summed E-state index contributed by atoms with van der Waals surface area (Å²) >= 11 is 3.52. The number of hydrogen-bond acceptors (Lipinski definition) is 5. The van der Waals surface area contributed by atoms with Gasteiger partial charge in [0, 0.05) is 13.0 Å². The van der Waals surface area contributed by atoms with Crippen LogP contribution in [0.15, 0.2) is 27.2 Å². The molecule has 0 aliphatic carbocycles. The predicted octanol–water partition coefficient (Wildman–Crippen LogP) is 3.47. The Morgan fingerprint density at radius 1 is 1.33 bits per heavy atom. The maximum Gasteiger partial charge on any atom is 0.264 e. The molecule has 2 rings (SSSR count). The Morgan fingerprint density at radius 3 is 2.90 bits per heavy atom. The fourth-order valence-corrected chi connectivity index (χ4v) is 2.39. The molecule has 0 aliphatic heterocycles. The van der Waals surface area contributed by atoms with E-state index in [-0.39, 0.29) is 6.61 Å².